The molecule has 4 heteroatoms. The van der Waals surface area contributed by atoms with Crippen LogP contribution >= 0.6 is 0 Å². The normalized spacial score (nSPS) is 18.1. The molecule has 4 nitrogen and oxygen atoms in total. The summed E-state index contributed by atoms with van der Waals surface area (Å²) in [6, 6.07) is 8.20. The maximum Gasteiger partial charge on any atom is 0.199 e. The number of methoxy groups -OCH3 is 1. The van der Waals surface area contributed by atoms with Gasteiger partial charge in [0.2, 0.25) is 0 Å². The molecular formula is C15H18N2O2. The van der Waals surface area contributed by atoms with Gasteiger partial charge < -0.3 is 14.9 Å². The molecule has 0 saturated heterocycles. The molecule has 0 amide bonds. The summed E-state index contributed by atoms with van der Waals surface area (Å²) in [6.45, 7) is 0. The molecule has 3 rings (SSSR count). The average molecular weight is 258 g/mol. The van der Waals surface area contributed by atoms with E-state index in [0.717, 1.165) is 47.9 Å². The largest absolute Gasteiger partial charge is 0.497 e. The third-order valence-electron chi connectivity index (χ3n) is 3.51. The number of benzene rings is 1. The van der Waals surface area contributed by atoms with Crippen molar-refractivity contribution in [2.45, 2.75) is 31.7 Å². The highest BCUT2D eigenvalue weighted by atomic mass is 16.5. The Kier molecular flexibility index (Phi) is 3.25. The fourth-order valence-corrected chi connectivity index (χ4v) is 2.49. The summed E-state index contributed by atoms with van der Waals surface area (Å²) in [5.74, 6) is 2.64. The van der Waals surface area contributed by atoms with E-state index >= 15 is 0 Å². The Labute approximate surface area is 112 Å². The van der Waals surface area contributed by atoms with E-state index in [-0.39, 0.29) is 6.04 Å². The van der Waals surface area contributed by atoms with Crippen LogP contribution in [0.2, 0.25) is 0 Å². The highest BCUT2D eigenvalue weighted by Crippen LogP contribution is 2.23. The topological polar surface area (TPSA) is 61.3 Å². The third-order valence-corrected chi connectivity index (χ3v) is 3.51. The summed E-state index contributed by atoms with van der Waals surface area (Å²) in [7, 11) is 1.67. The van der Waals surface area contributed by atoms with Gasteiger partial charge in [-0.3, -0.25) is 0 Å². The van der Waals surface area contributed by atoms with E-state index in [0.29, 0.717) is 6.42 Å². The van der Waals surface area contributed by atoms with Gasteiger partial charge in [-0.2, -0.15) is 0 Å². The third kappa shape index (κ3) is 2.63. The summed E-state index contributed by atoms with van der Waals surface area (Å²) in [5.41, 5.74) is 8.13. The van der Waals surface area contributed by atoms with E-state index in [1.165, 1.54) is 0 Å². The van der Waals surface area contributed by atoms with Crippen molar-refractivity contribution >= 4 is 0 Å². The number of ether oxygens (including phenoxy) is 1. The molecule has 0 aliphatic heterocycles. The average Bonchev–Trinajstić information content (AvgIpc) is 2.80. The lowest BCUT2D eigenvalue weighted by atomic mass is 9.98. The van der Waals surface area contributed by atoms with Gasteiger partial charge in [-0.25, -0.2) is 4.98 Å². The quantitative estimate of drug-likeness (QED) is 0.915. The Hall–Kier alpha value is -1.81. The van der Waals surface area contributed by atoms with E-state index in [1.807, 2.05) is 18.2 Å². The molecule has 0 radical (unpaired) electrons. The van der Waals surface area contributed by atoms with Gasteiger partial charge in [0.15, 0.2) is 5.89 Å². The predicted octanol–water partition coefficient (Wildman–Crippen LogP) is 2.09. The minimum absolute atomic E-state index is 0.224. The highest BCUT2D eigenvalue weighted by Gasteiger charge is 2.21. The second-order valence-corrected chi connectivity index (χ2v) is 5.01. The van der Waals surface area contributed by atoms with Crippen molar-refractivity contribution in [1.29, 1.82) is 0 Å². The standard InChI is InChI=1S/C15H18N2O2/c1-18-12-4-2-3-10(7-12)8-15-17-13-9-11(16)5-6-14(13)19-15/h2-4,7,11H,5-6,8-9,16H2,1H3. The first-order chi connectivity index (χ1) is 9.24. The van der Waals surface area contributed by atoms with Crippen LogP contribution in [0, 0.1) is 0 Å². The molecule has 1 heterocycles. The van der Waals surface area contributed by atoms with Gasteiger partial charge in [0.25, 0.3) is 0 Å². The van der Waals surface area contributed by atoms with Crippen molar-refractivity contribution < 1.29 is 9.15 Å². The number of hydrogen-bond acceptors (Lipinski definition) is 4. The second-order valence-electron chi connectivity index (χ2n) is 5.01. The first kappa shape index (κ1) is 12.2. The summed E-state index contributed by atoms with van der Waals surface area (Å²) >= 11 is 0. The molecule has 1 unspecified atom stereocenters. The van der Waals surface area contributed by atoms with E-state index in [2.05, 4.69) is 11.1 Å². The molecule has 1 aromatic carbocycles. The molecular weight excluding hydrogens is 240 g/mol. The van der Waals surface area contributed by atoms with Gasteiger partial charge in [0.05, 0.1) is 12.8 Å². The lowest BCUT2D eigenvalue weighted by Gasteiger charge is -2.14. The molecule has 1 aliphatic carbocycles. The van der Waals surface area contributed by atoms with E-state index < -0.39 is 0 Å². The Morgan fingerprint density at radius 3 is 3.21 bits per heavy atom. The van der Waals surface area contributed by atoms with E-state index in [4.69, 9.17) is 14.9 Å². The fraction of sp³-hybridized carbons (Fsp3) is 0.400. The van der Waals surface area contributed by atoms with Crippen LogP contribution in [0.3, 0.4) is 0 Å². The Bertz CT molecular complexity index is 577. The molecule has 1 aromatic heterocycles. The molecule has 100 valence electrons. The monoisotopic (exact) mass is 258 g/mol. The molecule has 0 bridgehead atoms. The Morgan fingerprint density at radius 2 is 2.37 bits per heavy atom. The van der Waals surface area contributed by atoms with Crippen molar-refractivity contribution in [2.75, 3.05) is 7.11 Å². The SMILES string of the molecule is COc1cccc(Cc2nc3c(o2)CCC(N)C3)c1. The highest BCUT2D eigenvalue weighted by molar-refractivity contribution is 5.30. The van der Waals surface area contributed by atoms with Crippen LogP contribution < -0.4 is 10.5 Å². The maximum absolute atomic E-state index is 5.95. The lowest BCUT2D eigenvalue weighted by Crippen LogP contribution is -2.27. The number of oxazole rings is 1. The summed E-state index contributed by atoms with van der Waals surface area (Å²) in [6.07, 6.45) is 3.42. The molecule has 2 aromatic rings. The van der Waals surface area contributed by atoms with Gasteiger partial charge in [0.1, 0.15) is 11.5 Å². The molecule has 0 fully saturated rings. The number of nitrogens with zero attached hydrogens (tertiary/aromatic N) is 1. The Morgan fingerprint density at radius 1 is 1.47 bits per heavy atom. The first-order valence-electron chi connectivity index (χ1n) is 6.60. The van der Waals surface area contributed by atoms with Crippen molar-refractivity contribution in [3.63, 3.8) is 0 Å². The molecule has 19 heavy (non-hydrogen) atoms. The van der Waals surface area contributed by atoms with Crippen molar-refractivity contribution in [3.8, 4) is 5.75 Å². The smallest absolute Gasteiger partial charge is 0.199 e. The number of rotatable bonds is 3. The number of fused-ring (bicyclic) bond motifs is 1. The van der Waals surface area contributed by atoms with E-state index in [1.54, 1.807) is 7.11 Å². The van der Waals surface area contributed by atoms with Gasteiger partial charge in [0, 0.05) is 25.3 Å². The van der Waals surface area contributed by atoms with Crippen LogP contribution in [-0.4, -0.2) is 18.1 Å². The number of aryl methyl sites for hydroxylation is 1. The van der Waals surface area contributed by atoms with Crippen molar-refractivity contribution in [3.05, 3.63) is 47.2 Å². The van der Waals surface area contributed by atoms with Crippen LogP contribution in [0.15, 0.2) is 28.7 Å². The van der Waals surface area contributed by atoms with Crippen LogP contribution in [-0.2, 0) is 19.3 Å². The zero-order valence-corrected chi connectivity index (χ0v) is 11.1. The minimum atomic E-state index is 0.224. The van der Waals surface area contributed by atoms with Crippen LogP contribution in [0.1, 0.15) is 29.3 Å². The Balaban J connectivity index is 1.80. The van der Waals surface area contributed by atoms with Gasteiger partial charge in [-0.15, -0.1) is 0 Å². The number of nitrogens with two attached hydrogens (primary N) is 1. The number of hydrogen-bond donors (Lipinski definition) is 1. The first-order valence-corrected chi connectivity index (χ1v) is 6.60. The summed E-state index contributed by atoms with van der Waals surface area (Å²) in [4.78, 5) is 4.56. The summed E-state index contributed by atoms with van der Waals surface area (Å²) in [5, 5.41) is 0. The van der Waals surface area contributed by atoms with Gasteiger partial charge >= 0.3 is 0 Å². The molecule has 1 atom stereocenters. The van der Waals surface area contributed by atoms with Crippen LogP contribution in [0.5, 0.6) is 5.75 Å². The maximum atomic E-state index is 5.95. The summed E-state index contributed by atoms with van der Waals surface area (Å²) < 4.78 is 11.0. The zero-order valence-electron chi connectivity index (χ0n) is 11.1. The fourth-order valence-electron chi connectivity index (χ4n) is 2.49. The van der Waals surface area contributed by atoms with Crippen molar-refractivity contribution in [2.24, 2.45) is 5.73 Å². The van der Waals surface area contributed by atoms with Gasteiger partial charge in [-0.1, -0.05) is 12.1 Å². The van der Waals surface area contributed by atoms with Gasteiger partial charge in [-0.05, 0) is 24.1 Å². The van der Waals surface area contributed by atoms with Crippen molar-refractivity contribution in [1.82, 2.24) is 4.98 Å². The molecule has 0 spiro atoms. The minimum Gasteiger partial charge on any atom is -0.497 e. The molecule has 2 N–H and O–H groups in total. The zero-order chi connectivity index (χ0) is 13.2. The predicted molar refractivity (Wildman–Crippen MR) is 72.3 cm³/mol. The van der Waals surface area contributed by atoms with Crippen LogP contribution in [0.25, 0.3) is 0 Å². The van der Waals surface area contributed by atoms with Crippen LogP contribution in [0.4, 0.5) is 0 Å². The lowest BCUT2D eigenvalue weighted by molar-refractivity contribution is 0.413. The second kappa shape index (κ2) is 5.05. The number of aromatic nitrogens is 1. The molecule has 0 saturated carbocycles. The molecule has 1 aliphatic rings. The van der Waals surface area contributed by atoms with E-state index in [9.17, 15) is 0 Å².